The Labute approximate surface area is 128 Å². The fraction of sp³-hybridized carbons (Fsp3) is 1.00. The van der Waals surface area contributed by atoms with Crippen molar-refractivity contribution in [2.45, 2.75) is 50.6 Å². The molecule has 1 aliphatic heterocycles. The summed E-state index contributed by atoms with van der Waals surface area (Å²) in [5.74, 6) is 2.18. The quantitative estimate of drug-likeness (QED) is 0.812. The summed E-state index contributed by atoms with van der Waals surface area (Å²) in [7, 11) is -3.03. The van der Waals surface area contributed by atoms with Crippen molar-refractivity contribution in [2.24, 2.45) is 5.92 Å². The average Bonchev–Trinajstić information content (AvgIpc) is 2.87. The van der Waals surface area contributed by atoms with Gasteiger partial charge in [0.1, 0.15) is 0 Å². The van der Waals surface area contributed by atoms with E-state index in [-0.39, 0.29) is 6.04 Å². The van der Waals surface area contributed by atoms with E-state index in [2.05, 4.69) is 11.6 Å². The zero-order valence-corrected chi connectivity index (χ0v) is 14.3. The predicted molar refractivity (Wildman–Crippen MR) is 86.7 cm³/mol. The topological polar surface area (TPSA) is 49.4 Å². The standard InChI is InChI=1S/C14H28N2O2S2/c1-19-11-12-5-7-13(8-6-12)15-10-14-4-3-9-16(14)20(2,17)18/h12-15H,3-11H2,1-2H3/t12?,13?,14-/m1/s1. The Balaban J connectivity index is 1.73. The summed E-state index contributed by atoms with van der Waals surface area (Å²) in [4.78, 5) is 0. The predicted octanol–water partition coefficient (Wildman–Crippen LogP) is 1.92. The molecule has 6 heteroatoms. The number of nitrogens with one attached hydrogen (secondary N) is 1. The highest BCUT2D eigenvalue weighted by Crippen LogP contribution is 2.27. The van der Waals surface area contributed by atoms with Crippen LogP contribution in [0.4, 0.5) is 0 Å². The third-order valence-electron chi connectivity index (χ3n) is 4.64. The maximum Gasteiger partial charge on any atom is 0.211 e. The van der Waals surface area contributed by atoms with Gasteiger partial charge < -0.3 is 5.32 Å². The van der Waals surface area contributed by atoms with Crippen molar-refractivity contribution in [3.8, 4) is 0 Å². The molecule has 0 aromatic rings. The molecule has 2 aliphatic rings. The van der Waals surface area contributed by atoms with Crippen molar-refractivity contribution < 1.29 is 8.42 Å². The molecule has 118 valence electrons. The van der Waals surface area contributed by atoms with Crippen LogP contribution in [0.2, 0.25) is 0 Å². The van der Waals surface area contributed by atoms with E-state index >= 15 is 0 Å². The molecule has 0 aromatic carbocycles. The molecule has 0 bridgehead atoms. The van der Waals surface area contributed by atoms with E-state index in [1.54, 1.807) is 4.31 Å². The number of hydrogen-bond acceptors (Lipinski definition) is 4. The van der Waals surface area contributed by atoms with Gasteiger partial charge in [-0.2, -0.15) is 16.1 Å². The van der Waals surface area contributed by atoms with Gasteiger partial charge in [-0.1, -0.05) is 0 Å². The van der Waals surface area contributed by atoms with Crippen molar-refractivity contribution in [1.82, 2.24) is 9.62 Å². The monoisotopic (exact) mass is 320 g/mol. The smallest absolute Gasteiger partial charge is 0.211 e. The second-order valence-electron chi connectivity index (χ2n) is 6.25. The lowest BCUT2D eigenvalue weighted by Gasteiger charge is -2.31. The molecular weight excluding hydrogens is 292 g/mol. The van der Waals surface area contributed by atoms with Crippen molar-refractivity contribution in [2.75, 3.05) is 31.4 Å². The Morgan fingerprint density at radius 2 is 1.90 bits per heavy atom. The molecule has 1 heterocycles. The van der Waals surface area contributed by atoms with Crippen molar-refractivity contribution in [1.29, 1.82) is 0 Å². The first-order chi connectivity index (χ1) is 9.50. The van der Waals surface area contributed by atoms with E-state index in [1.165, 1.54) is 37.7 Å². The summed E-state index contributed by atoms with van der Waals surface area (Å²) in [5.41, 5.74) is 0. The summed E-state index contributed by atoms with van der Waals surface area (Å²) in [6.07, 6.45) is 10.6. The first-order valence-corrected chi connectivity index (χ1v) is 10.9. The minimum atomic E-state index is -3.03. The van der Waals surface area contributed by atoms with Crippen LogP contribution in [-0.2, 0) is 10.0 Å². The molecule has 1 N–H and O–H groups in total. The van der Waals surface area contributed by atoms with Gasteiger partial charge in [0.2, 0.25) is 10.0 Å². The molecule has 1 aliphatic carbocycles. The molecule has 1 saturated heterocycles. The van der Waals surface area contributed by atoms with Crippen molar-refractivity contribution in [3.63, 3.8) is 0 Å². The van der Waals surface area contributed by atoms with E-state index in [0.29, 0.717) is 12.6 Å². The normalized spacial score (nSPS) is 32.6. The minimum absolute atomic E-state index is 0.175. The Hall–Kier alpha value is 0.220. The molecule has 0 spiro atoms. The Morgan fingerprint density at radius 1 is 1.20 bits per heavy atom. The fourth-order valence-electron chi connectivity index (χ4n) is 3.52. The Bertz CT molecular complexity index is 392. The second-order valence-corrected chi connectivity index (χ2v) is 9.10. The van der Waals surface area contributed by atoms with Crippen molar-refractivity contribution >= 4 is 21.8 Å². The maximum absolute atomic E-state index is 11.7. The lowest BCUT2D eigenvalue weighted by molar-refractivity contribution is 0.288. The fourth-order valence-corrected chi connectivity index (χ4v) is 5.51. The first kappa shape index (κ1) is 16.6. The van der Waals surface area contributed by atoms with Crippen LogP contribution >= 0.6 is 11.8 Å². The van der Waals surface area contributed by atoms with Crippen LogP contribution in [0.5, 0.6) is 0 Å². The number of hydrogen-bond donors (Lipinski definition) is 1. The minimum Gasteiger partial charge on any atom is -0.312 e. The summed E-state index contributed by atoms with van der Waals surface area (Å²) in [5, 5.41) is 3.62. The molecule has 0 unspecified atom stereocenters. The molecule has 2 fully saturated rings. The van der Waals surface area contributed by atoms with Gasteiger partial charge in [-0.25, -0.2) is 8.42 Å². The van der Waals surface area contributed by atoms with E-state index in [0.717, 1.165) is 25.3 Å². The Morgan fingerprint density at radius 3 is 2.50 bits per heavy atom. The summed E-state index contributed by atoms with van der Waals surface area (Å²) in [6, 6.07) is 0.768. The average molecular weight is 321 g/mol. The van der Waals surface area contributed by atoms with Gasteiger partial charge in [-0.05, 0) is 56.5 Å². The van der Waals surface area contributed by atoms with Gasteiger partial charge in [-0.15, -0.1) is 0 Å². The summed E-state index contributed by atoms with van der Waals surface area (Å²) < 4.78 is 25.1. The highest BCUT2D eigenvalue weighted by molar-refractivity contribution is 7.98. The van der Waals surface area contributed by atoms with Gasteiger partial charge in [0.25, 0.3) is 0 Å². The molecule has 0 aromatic heterocycles. The van der Waals surface area contributed by atoms with Gasteiger partial charge in [0.15, 0.2) is 0 Å². The van der Waals surface area contributed by atoms with Crippen molar-refractivity contribution in [3.05, 3.63) is 0 Å². The van der Waals surface area contributed by atoms with Gasteiger partial charge in [0, 0.05) is 25.2 Å². The molecule has 2 rings (SSSR count). The molecule has 0 radical (unpaired) electrons. The SMILES string of the molecule is CSCC1CCC(NC[C@H]2CCCN2S(C)(=O)=O)CC1. The highest BCUT2D eigenvalue weighted by atomic mass is 32.2. The lowest BCUT2D eigenvalue weighted by Crippen LogP contribution is -2.44. The number of nitrogens with zero attached hydrogens (tertiary/aromatic N) is 1. The van der Waals surface area contributed by atoms with Crippen LogP contribution in [-0.4, -0.2) is 56.2 Å². The molecular formula is C14H28N2O2S2. The van der Waals surface area contributed by atoms with Crippen LogP contribution in [0.15, 0.2) is 0 Å². The molecule has 4 nitrogen and oxygen atoms in total. The van der Waals surface area contributed by atoms with Crippen LogP contribution in [0.3, 0.4) is 0 Å². The van der Waals surface area contributed by atoms with E-state index < -0.39 is 10.0 Å². The third-order valence-corrected chi connectivity index (χ3v) is 6.78. The molecule has 1 atom stereocenters. The number of sulfonamides is 1. The molecule has 1 saturated carbocycles. The van der Waals surface area contributed by atoms with E-state index in [9.17, 15) is 8.42 Å². The van der Waals surface area contributed by atoms with Gasteiger partial charge in [-0.3, -0.25) is 0 Å². The number of rotatable bonds is 6. The van der Waals surface area contributed by atoms with Crippen LogP contribution in [0.25, 0.3) is 0 Å². The lowest BCUT2D eigenvalue weighted by atomic mass is 9.87. The Kier molecular flexibility index (Phi) is 6.20. The zero-order valence-electron chi connectivity index (χ0n) is 12.7. The maximum atomic E-state index is 11.7. The van der Waals surface area contributed by atoms with E-state index in [1.807, 2.05) is 11.8 Å². The number of thioether (sulfide) groups is 1. The van der Waals surface area contributed by atoms with Gasteiger partial charge in [0.05, 0.1) is 6.26 Å². The van der Waals surface area contributed by atoms with Crippen LogP contribution in [0.1, 0.15) is 38.5 Å². The molecule has 20 heavy (non-hydrogen) atoms. The summed E-state index contributed by atoms with van der Waals surface area (Å²) >= 11 is 1.95. The first-order valence-electron chi connectivity index (χ1n) is 7.70. The second kappa shape index (κ2) is 7.47. The largest absolute Gasteiger partial charge is 0.312 e. The zero-order chi connectivity index (χ0) is 14.6. The highest BCUT2D eigenvalue weighted by Gasteiger charge is 2.31. The van der Waals surface area contributed by atoms with E-state index in [4.69, 9.17) is 0 Å². The third kappa shape index (κ3) is 4.61. The summed E-state index contributed by atoms with van der Waals surface area (Å²) in [6.45, 7) is 1.52. The van der Waals surface area contributed by atoms with Crippen LogP contribution in [0, 0.1) is 5.92 Å². The van der Waals surface area contributed by atoms with Gasteiger partial charge >= 0.3 is 0 Å². The molecule has 0 amide bonds. The van der Waals surface area contributed by atoms with Crippen LogP contribution < -0.4 is 5.32 Å².